The van der Waals surface area contributed by atoms with Gasteiger partial charge >= 0.3 is 0 Å². The number of amides is 2. The Hall–Kier alpha value is -1.06. The summed E-state index contributed by atoms with van der Waals surface area (Å²) in [5.41, 5.74) is 5.30. The Labute approximate surface area is 102 Å². The van der Waals surface area contributed by atoms with Crippen molar-refractivity contribution in [2.24, 2.45) is 29.4 Å². The standard InChI is InChI=1S/C13H20N2O2/c14-12(16)10-3-4-15(7-10)13(17)11-6-8-1-2-9(11)5-8/h8-11H,1-7H2,(H2,14,16)/t8-,9-,10+,11-/m0/s1. The average molecular weight is 236 g/mol. The zero-order valence-corrected chi connectivity index (χ0v) is 10.1. The van der Waals surface area contributed by atoms with Crippen molar-refractivity contribution in [3.63, 3.8) is 0 Å². The minimum atomic E-state index is -0.256. The number of rotatable bonds is 2. The minimum Gasteiger partial charge on any atom is -0.369 e. The predicted molar refractivity (Wildman–Crippen MR) is 62.8 cm³/mol. The van der Waals surface area contributed by atoms with Gasteiger partial charge in [0.15, 0.2) is 0 Å². The van der Waals surface area contributed by atoms with E-state index in [4.69, 9.17) is 5.73 Å². The van der Waals surface area contributed by atoms with Gasteiger partial charge in [-0.05, 0) is 37.5 Å². The van der Waals surface area contributed by atoms with Gasteiger partial charge in [-0.15, -0.1) is 0 Å². The summed E-state index contributed by atoms with van der Waals surface area (Å²) in [5.74, 6) is 1.59. The molecule has 0 radical (unpaired) electrons. The number of carbonyl (C=O) groups is 2. The number of hydrogen-bond acceptors (Lipinski definition) is 2. The highest BCUT2D eigenvalue weighted by Crippen LogP contribution is 2.49. The lowest BCUT2D eigenvalue weighted by atomic mass is 9.88. The maximum absolute atomic E-state index is 12.4. The van der Waals surface area contributed by atoms with E-state index < -0.39 is 0 Å². The van der Waals surface area contributed by atoms with Crippen molar-refractivity contribution in [2.75, 3.05) is 13.1 Å². The highest BCUT2D eigenvalue weighted by molar-refractivity contribution is 5.82. The summed E-state index contributed by atoms with van der Waals surface area (Å²) in [5, 5.41) is 0. The van der Waals surface area contributed by atoms with Gasteiger partial charge in [-0.25, -0.2) is 0 Å². The summed E-state index contributed by atoms with van der Waals surface area (Å²) in [6.45, 7) is 1.28. The molecule has 4 heteroatoms. The van der Waals surface area contributed by atoms with Gasteiger partial charge in [0.25, 0.3) is 0 Å². The Kier molecular flexibility index (Phi) is 2.60. The van der Waals surface area contributed by atoms with Gasteiger partial charge in [-0.3, -0.25) is 9.59 Å². The molecule has 4 nitrogen and oxygen atoms in total. The van der Waals surface area contributed by atoms with Gasteiger partial charge in [-0.1, -0.05) is 6.42 Å². The third kappa shape index (κ3) is 1.83. The van der Waals surface area contributed by atoms with Crippen molar-refractivity contribution in [3.8, 4) is 0 Å². The van der Waals surface area contributed by atoms with E-state index in [1.54, 1.807) is 0 Å². The van der Waals surface area contributed by atoms with Crippen LogP contribution in [0, 0.1) is 23.7 Å². The Morgan fingerprint density at radius 3 is 2.47 bits per heavy atom. The van der Waals surface area contributed by atoms with Crippen LogP contribution in [0.1, 0.15) is 32.1 Å². The van der Waals surface area contributed by atoms with E-state index in [1.807, 2.05) is 4.90 Å². The zero-order valence-electron chi connectivity index (χ0n) is 10.1. The normalized spacial score (nSPS) is 39.9. The average Bonchev–Trinajstić information content (AvgIpc) is 3.03. The van der Waals surface area contributed by atoms with Crippen LogP contribution in [-0.4, -0.2) is 29.8 Å². The van der Waals surface area contributed by atoms with E-state index in [1.165, 1.54) is 19.3 Å². The molecule has 2 saturated carbocycles. The third-order valence-electron chi connectivity index (χ3n) is 4.96. The van der Waals surface area contributed by atoms with E-state index >= 15 is 0 Å². The molecule has 3 fully saturated rings. The van der Waals surface area contributed by atoms with Crippen molar-refractivity contribution in [1.29, 1.82) is 0 Å². The van der Waals surface area contributed by atoms with Gasteiger partial charge < -0.3 is 10.6 Å². The van der Waals surface area contributed by atoms with Gasteiger partial charge in [-0.2, -0.15) is 0 Å². The van der Waals surface area contributed by atoms with Crippen LogP contribution in [0.2, 0.25) is 0 Å². The molecule has 1 heterocycles. The molecular formula is C13H20N2O2. The predicted octanol–water partition coefficient (Wildman–Crippen LogP) is 0.756. The molecule has 2 bridgehead atoms. The van der Waals surface area contributed by atoms with Gasteiger partial charge in [0.2, 0.25) is 11.8 Å². The van der Waals surface area contributed by atoms with E-state index in [9.17, 15) is 9.59 Å². The second-order valence-electron chi connectivity index (χ2n) is 5.95. The second kappa shape index (κ2) is 4.00. The number of likely N-dealkylation sites (tertiary alicyclic amines) is 1. The molecular weight excluding hydrogens is 216 g/mol. The first-order chi connectivity index (χ1) is 8.15. The summed E-state index contributed by atoms with van der Waals surface area (Å²) in [7, 11) is 0. The molecule has 0 aromatic rings. The fraction of sp³-hybridized carbons (Fsp3) is 0.846. The Morgan fingerprint density at radius 1 is 1.12 bits per heavy atom. The minimum absolute atomic E-state index is 0.113. The van der Waals surface area contributed by atoms with Crippen LogP contribution in [0.15, 0.2) is 0 Å². The highest BCUT2D eigenvalue weighted by Gasteiger charge is 2.45. The van der Waals surface area contributed by atoms with Gasteiger partial charge in [0.05, 0.1) is 5.92 Å². The number of nitrogens with two attached hydrogens (primary N) is 1. The molecule has 0 aromatic heterocycles. The number of nitrogens with zero attached hydrogens (tertiary/aromatic N) is 1. The lowest BCUT2D eigenvalue weighted by Gasteiger charge is -2.26. The fourth-order valence-corrected chi connectivity index (χ4v) is 3.97. The lowest BCUT2D eigenvalue weighted by Crippen LogP contribution is -2.37. The summed E-state index contributed by atoms with van der Waals surface area (Å²) < 4.78 is 0. The molecule has 0 aromatic carbocycles. The Balaban J connectivity index is 1.62. The first kappa shape index (κ1) is 11.1. The number of fused-ring (bicyclic) bond motifs is 2. The van der Waals surface area contributed by atoms with Gasteiger partial charge in [0, 0.05) is 19.0 Å². The summed E-state index contributed by atoms with van der Waals surface area (Å²) in [6.07, 6.45) is 5.64. The molecule has 2 aliphatic carbocycles. The molecule has 3 aliphatic rings. The maximum atomic E-state index is 12.4. The van der Waals surface area contributed by atoms with Crippen LogP contribution >= 0.6 is 0 Å². The Bertz CT molecular complexity index is 355. The van der Waals surface area contributed by atoms with Crippen LogP contribution in [0.25, 0.3) is 0 Å². The SMILES string of the molecule is NC(=O)[C@@H]1CCN(C(=O)[C@H]2C[C@H]3CC[C@H]2C3)C1. The molecule has 94 valence electrons. The molecule has 1 saturated heterocycles. The van der Waals surface area contributed by atoms with E-state index in [0.717, 1.165) is 25.3 Å². The number of hydrogen-bond donors (Lipinski definition) is 1. The topological polar surface area (TPSA) is 63.4 Å². The van der Waals surface area contributed by atoms with Crippen LogP contribution in [0.3, 0.4) is 0 Å². The molecule has 2 N–H and O–H groups in total. The smallest absolute Gasteiger partial charge is 0.225 e. The number of carbonyl (C=O) groups excluding carboxylic acids is 2. The molecule has 1 aliphatic heterocycles. The van der Waals surface area contributed by atoms with Crippen molar-refractivity contribution in [2.45, 2.75) is 32.1 Å². The molecule has 0 spiro atoms. The summed E-state index contributed by atoms with van der Waals surface area (Å²) in [6, 6.07) is 0. The van der Waals surface area contributed by atoms with Gasteiger partial charge in [0.1, 0.15) is 0 Å². The Morgan fingerprint density at radius 2 is 1.94 bits per heavy atom. The second-order valence-corrected chi connectivity index (χ2v) is 5.95. The van der Waals surface area contributed by atoms with E-state index in [2.05, 4.69) is 0 Å². The quantitative estimate of drug-likeness (QED) is 0.769. The van der Waals surface area contributed by atoms with Crippen LogP contribution < -0.4 is 5.73 Å². The third-order valence-corrected chi connectivity index (χ3v) is 4.96. The molecule has 4 atom stereocenters. The first-order valence-corrected chi connectivity index (χ1v) is 6.73. The van der Waals surface area contributed by atoms with Crippen molar-refractivity contribution >= 4 is 11.8 Å². The molecule has 17 heavy (non-hydrogen) atoms. The van der Waals surface area contributed by atoms with Crippen molar-refractivity contribution in [1.82, 2.24) is 4.90 Å². The maximum Gasteiger partial charge on any atom is 0.225 e. The molecule has 2 amide bonds. The van der Waals surface area contributed by atoms with Crippen LogP contribution in [-0.2, 0) is 9.59 Å². The molecule has 3 rings (SSSR count). The zero-order chi connectivity index (χ0) is 12.0. The molecule has 0 unspecified atom stereocenters. The fourth-order valence-electron chi connectivity index (χ4n) is 3.97. The largest absolute Gasteiger partial charge is 0.369 e. The number of primary amides is 1. The monoisotopic (exact) mass is 236 g/mol. The summed E-state index contributed by atoms with van der Waals surface area (Å²) in [4.78, 5) is 25.4. The van der Waals surface area contributed by atoms with E-state index in [-0.39, 0.29) is 17.7 Å². The lowest BCUT2D eigenvalue weighted by molar-refractivity contribution is -0.136. The van der Waals surface area contributed by atoms with Crippen molar-refractivity contribution < 1.29 is 9.59 Å². The first-order valence-electron chi connectivity index (χ1n) is 6.73. The van der Waals surface area contributed by atoms with Crippen LogP contribution in [0.5, 0.6) is 0 Å². The highest BCUT2D eigenvalue weighted by atomic mass is 16.2. The van der Waals surface area contributed by atoms with Crippen LogP contribution in [0.4, 0.5) is 0 Å². The van der Waals surface area contributed by atoms with E-state index in [0.29, 0.717) is 18.4 Å². The summed E-state index contributed by atoms with van der Waals surface area (Å²) >= 11 is 0. The van der Waals surface area contributed by atoms with Crippen molar-refractivity contribution in [3.05, 3.63) is 0 Å².